The molecule has 31 heavy (non-hydrogen) atoms. The van der Waals surface area contributed by atoms with Gasteiger partial charge in [-0.2, -0.15) is 0 Å². The van der Waals surface area contributed by atoms with Gasteiger partial charge >= 0.3 is 0 Å². The maximum Gasteiger partial charge on any atom is 0.265 e. The fourth-order valence-electron chi connectivity index (χ4n) is 3.93. The second kappa shape index (κ2) is 8.07. The van der Waals surface area contributed by atoms with Crippen molar-refractivity contribution in [2.75, 3.05) is 17.4 Å². The lowest BCUT2D eigenvalue weighted by atomic mass is 9.90. The Bertz CT molecular complexity index is 1170. The van der Waals surface area contributed by atoms with Gasteiger partial charge in [0.1, 0.15) is 0 Å². The van der Waals surface area contributed by atoms with Gasteiger partial charge in [0.15, 0.2) is 11.5 Å². The van der Waals surface area contributed by atoms with E-state index in [1.165, 1.54) is 16.9 Å². The maximum absolute atomic E-state index is 12.8. The van der Waals surface area contributed by atoms with E-state index >= 15 is 0 Å². The molecular weight excluding hydrogens is 412 g/mol. The number of amides is 2. The minimum absolute atomic E-state index is 0.119. The van der Waals surface area contributed by atoms with Crippen molar-refractivity contribution >= 4 is 34.5 Å². The Morgan fingerprint density at radius 2 is 1.74 bits per heavy atom. The molecular formula is C24H22N2O4S. The molecule has 3 aromatic rings. The first kappa shape index (κ1) is 19.6. The SMILES string of the molecule is CC1CCc2sc(C(=O)Nc3cccc(NC(=O)c4ccc5c(c4)OCO5)c3)cc2C1. The molecule has 2 aromatic carbocycles. The molecule has 2 heterocycles. The van der Waals surface area contributed by atoms with Crippen LogP contribution in [-0.4, -0.2) is 18.6 Å². The smallest absolute Gasteiger partial charge is 0.265 e. The fraction of sp³-hybridized carbons (Fsp3) is 0.250. The number of carbonyl (C=O) groups is 2. The van der Waals surface area contributed by atoms with Crippen LogP contribution < -0.4 is 20.1 Å². The highest BCUT2D eigenvalue weighted by Gasteiger charge is 2.21. The third kappa shape index (κ3) is 4.14. The first-order valence-corrected chi connectivity index (χ1v) is 11.1. The number of hydrogen-bond donors (Lipinski definition) is 2. The number of hydrogen-bond acceptors (Lipinski definition) is 5. The minimum Gasteiger partial charge on any atom is -0.454 e. The third-order valence-corrected chi connectivity index (χ3v) is 6.80. The van der Waals surface area contributed by atoms with Gasteiger partial charge in [-0.3, -0.25) is 9.59 Å². The highest BCUT2D eigenvalue weighted by Crippen LogP contribution is 2.34. The van der Waals surface area contributed by atoms with E-state index in [1.54, 1.807) is 47.7 Å². The molecule has 1 unspecified atom stereocenters. The van der Waals surface area contributed by atoms with Crippen molar-refractivity contribution in [3.05, 3.63) is 69.4 Å². The summed E-state index contributed by atoms with van der Waals surface area (Å²) >= 11 is 1.58. The van der Waals surface area contributed by atoms with Gasteiger partial charge in [-0.1, -0.05) is 13.0 Å². The average Bonchev–Trinajstić information content (AvgIpc) is 3.39. The second-order valence-electron chi connectivity index (χ2n) is 7.96. The van der Waals surface area contributed by atoms with Crippen LogP contribution in [0.3, 0.4) is 0 Å². The van der Waals surface area contributed by atoms with Crippen LogP contribution in [0.1, 0.15) is 43.8 Å². The van der Waals surface area contributed by atoms with Crippen LogP contribution in [0.15, 0.2) is 48.5 Å². The number of benzene rings is 2. The Morgan fingerprint density at radius 1 is 0.968 bits per heavy atom. The van der Waals surface area contributed by atoms with Crippen LogP contribution in [0.2, 0.25) is 0 Å². The Labute approximate surface area is 184 Å². The largest absolute Gasteiger partial charge is 0.454 e. The topological polar surface area (TPSA) is 76.7 Å². The van der Waals surface area contributed by atoms with E-state index in [4.69, 9.17) is 9.47 Å². The Balaban J connectivity index is 1.27. The van der Waals surface area contributed by atoms with Crippen molar-refractivity contribution in [2.24, 2.45) is 5.92 Å². The molecule has 1 aliphatic carbocycles. The van der Waals surface area contributed by atoms with Crippen LogP contribution in [0.25, 0.3) is 0 Å². The third-order valence-electron chi connectivity index (χ3n) is 5.57. The molecule has 7 heteroatoms. The lowest BCUT2D eigenvalue weighted by Crippen LogP contribution is -2.13. The Hall–Kier alpha value is -3.32. The van der Waals surface area contributed by atoms with Crippen LogP contribution in [0.5, 0.6) is 11.5 Å². The molecule has 1 atom stereocenters. The van der Waals surface area contributed by atoms with Crippen LogP contribution in [-0.2, 0) is 12.8 Å². The standard InChI is InChI=1S/C24H22N2O4S/c1-14-5-8-21-16(9-14)11-22(31-21)24(28)26-18-4-2-3-17(12-18)25-23(27)15-6-7-19-20(10-15)30-13-29-19/h2-4,6-7,10-12,14H,5,8-9,13H2,1H3,(H,25,27)(H,26,28). The van der Waals surface area contributed by atoms with E-state index < -0.39 is 0 Å². The van der Waals surface area contributed by atoms with Crippen LogP contribution in [0, 0.1) is 5.92 Å². The van der Waals surface area contributed by atoms with Crippen molar-refractivity contribution in [1.29, 1.82) is 0 Å². The molecule has 0 saturated heterocycles. The number of fused-ring (bicyclic) bond motifs is 2. The van der Waals surface area contributed by atoms with Crippen molar-refractivity contribution in [1.82, 2.24) is 0 Å². The van der Waals surface area contributed by atoms with E-state index in [2.05, 4.69) is 17.6 Å². The summed E-state index contributed by atoms with van der Waals surface area (Å²) in [6, 6.07) is 14.2. The predicted octanol–water partition coefficient (Wildman–Crippen LogP) is 5.11. The highest BCUT2D eigenvalue weighted by atomic mass is 32.1. The van der Waals surface area contributed by atoms with Gasteiger partial charge in [0.25, 0.3) is 11.8 Å². The molecule has 1 aromatic heterocycles. The fourth-order valence-corrected chi connectivity index (χ4v) is 5.03. The van der Waals surface area contributed by atoms with E-state index in [1.807, 2.05) is 12.1 Å². The molecule has 1 aliphatic heterocycles. The minimum atomic E-state index is -0.262. The van der Waals surface area contributed by atoms with E-state index in [9.17, 15) is 9.59 Å². The number of rotatable bonds is 4. The molecule has 0 bridgehead atoms. The first-order valence-electron chi connectivity index (χ1n) is 10.3. The molecule has 0 spiro atoms. The molecule has 158 valence electrons. The summed E-state index contributed by atoms with van der Waals surface area (Å²) in [7, 11) is 0. The predicted molar refractivity (Wildman–Crippen MR) is 120 cm³/mol. The van der Waals surface area contributed by atoms with E-state index in [0.29, 0.717) is 34.4 Å². The second-order valence-corrected chi connectivity index (χ2v) is 9.10. The molecule has 5 rings (SSSR count). The summed E-state index contributed by atoms with van der Waals surface area (Å²) in [6.45, 7) is 2.41. The Morgan fingerprint density at radius 3 is 2.58 bits per heavy atom. The average molecular weight is 435 g/mol. The molecule has 2 amide bonds. The lowest BCUT2D eigenvalue weighted by molar-refractivity contribution is 0.102. The Kier molecular flexibility index (Phi) is 5.11. The molecule has 0 radical (unpaired) electrons. The van der Waals surface area contributed by atoms with Crippen LogP contribution >= 0.6 is 11.3 Å². The zero-order chi connectivity index (χ0) is 21.4. The summed E-state index contributed by atoms with van der Waals surface area (Å²) in [6.07, 6.45) is 3.27. The summed E-state index contributed by atoms with van der Waals surface area (Å²) in [5.41, 5.74) is 3.00. The van der Waals surface area contributed by atoms with Gasteiger partial charge < -0.3 is 20.1 Å². The van der Waals surface area contributed by atoms with Crippen molar-refractivity contribution in [2.45, 2.75) is 26.2 Å². The molecule has 6 nitrogen and oxygen atoms in total. The van der Waals surface area contributed by atoms with Gasteiger partial charge in [-0.05, 0) is 73.2 Å². The summed E-state index contributed by atoms with van der Waals surface area (Å²) in [4.78, 5) is 27.4. The lowest BCUT2D eigenvalue weighted by Gasteiger charge is -2.16. The summed E-state index contributed by atoms with van der Waals surface area (Å²) in [5, 5.41) is 5.81. The van der Waals surface area contributed by atoms with Crippen molar-refractivity contribution < 1.29 is 19.1 Å². The van der Waals surface area contributed by atoms with E-state index in [0.717, 1.165) is 17.7 Å². The zero-order valence-electron chi connectivity index (χ0n) is 17.1. The number of ether oxygens (including phenoxy) is 2. The first-order chi connectivity index (χ1) is 15.0. The monoisotopic (exact) mass is 434 g/mol. The van der Waals surface area contributed by atoms with Gasteiger partial charge in [0, 0.05) is 21.8 Å². The number of carbonyl (C=O) groups excluding carboxylic acids is 2. The zero-order valence-corrected chi connectivity index (χ0v) is 17.9. The van der Waals surface area contributed by atoms with Gasteiger partial charge in [0.05, 0.1) is 4.88 Å². The molecule has 2 aliphatic rings. The van der Waals surface area contributed by atoms with Gasteiger partial charge in [-0.25, -0.2) is 0 Å². The van der Waals surface area contributed by atoms with Crippen LogP contribution in [0.4, 0.5) is 11.4 Å². The van der Waals surface area contributed by atoms with Crippen molar-refractivity contribution in [3.8, 4) is 11.5 Å². The summed E-state index contributed by atoms with van der Waals surface area (Å²) < 4.78 is 10.6. The summed E-state index contributed by atoms with van der Waals surface area (Å²) in [5.74, 6) is 1.48. The van der Waals surface area contributed by atoms with Crippen molar-refractivity contribution in [3.63, 3.8) is 0 Å². The number of thiophene rings is 1. The van der Waals surface area contributed by atoms with Gasteiger partial charge in [-0.15, -0.1) is 11.3 Å². The molecule has 2 N–H and O–H groups in total. The maximum atomic E-state index is 12.8. The molecule has 0 saturated carbocycles. The molecule has 0 fully saturated rings. The number of nitrogens with one attached hydrogen (secondary N) is 2. The quantitative estimate of drug-likeness (QED) is 0.599. The number of anilines is 2. The number of aryl methyl sites for hydroxylation is 1. The van der Waals surface area contributed by atoms with Gasteiger partial charge in [0.2, 0.25) is 6.79 Å². The van der Waals surface area contributed by atoms with E-state index in [-0.39, 0.29) is 18.6 Å². The highest BCUT2D eigenvalue weighted by molar-refractivity contribution is 7.14. The normalized spacial score (nSPS) is 16.5.